The molecule has 2 aliphatic heterocycles. The van der Waals surface area contributed by atoms with E-state index < -0.39 is 9.84 Å². The number of fused-ring (bicyclic) bond motifs is 2. The molecule has 0 radical (unpaired) electrons. The van der Waals surface area contributed by atoms with Crippen LogP contribution in [-0.4, -0.2) is 13.5 Å². The lowest BCUT2D eigenvalue weighted by Gasteiger charge is -2.31. The maximum Gasteiger partial charge on any atom is 0.208 e. The van der Waals surface area contributed by atoms with Crippen LogP contribution in [0, 0.1) is 20.8 Å². The van der Waals surface area contributed by atoms with Gasteiger partial charge in [0.1, 0.15) is 5.75 Å². The summed E-state index contributed by atoms with van der Waals surface area (Å²) in [6.45, 7) is 9.82. The molecular formula is C18H20O3S. The van der Waals surface area contributed by atoms with Crippen molar-refractivity contribution < 1.29 is 13.5 Å². The number of benzene rings is 2. The Balaban J connectivity index is 2.46. The Morgan fingerprint density at radius 2 is 1.59 bits per heavy atom. The summed E-state index contributed by atoms with van der Waals surface area (Å²) in [5.74, 6) is 0.396. The van der Waals surface area contributed by atoms with Gasteiger partial charge in [-0.2, -0.15) is 0 Å². The smallest absolute Gasteiger partial charge is 0.208 e. The molecule has 0 atom stereocenters. The van der Waals surface area contributed by atoms with E-state index in [4.69, 9.17) is 0 Å². The van der Waals surface area contributed by atoms with Gasteiger partial charge in [0.25, 0.3) is 0 Å². The molecule has 3 nitrogen and oxygen atoms in total. The Hall–Kier alpha value is -1.81. The third-order valence-electron chi connectivity index (χ3n) is 4.65. The van der Waals surface area contributed by atoms with Crippen LogP contribution in [0.3, 0.4) is 0 Å². The molecule has 0 spiro atoms. The highest BCUT2D eigenvalue weighted by atomic mass is 32.2. The molecule has 2 aliphatic rings. The zero-order valence-electron chi connectivity index (χ0n) is 13.5. The molecule has 116 valence electrons. The SMILES string of the molecule is Cc1c(C)c2c(C)c(c1-c1cc(O)ccc1C(C)C)S2(=O)=O. The lowest BCUT2D eigenvalue weighted by Crippen LogP contribution is -2.22. The third-order valence-corrected chi connectivity index (χ3v) is 6.85. The maximum atomic E-state index is 12.5. The highest BCUT2D eigenvalue weighted by Crippen LogP contribution is 2.50. The Kier molecular flexibility index (Phi) is 3.15. The van der Waals surface area contributed by atoms with Crippen LogP contribution < -0.4 is 0 Å². The van der Waals surface area contributed by atoms with Crippen LogP contribution in [0.2, 0.25) is 0 Å². The molecule has 0 fully saturated rings. The molecule has 0 amide bonds. The summed E-state index contributed by atoms with van der Waals surface area (Å²) in [7, 11) is -3.33. The van der Waals surface area contributed by atoms with Crippen LogP contribution in [0.1, 0.15) is 42.0 Å². The zero-order chi connectivity index (χ0) is 16.4. The molecule has 1 N–H and O–H groups in total. The van der Waals surface area contributed by atoms with E-state index in [9.17, 15) is 13.5 Å². The summed E-state index contributed by atoms with van der Waals surface area (Å²) < 4.78 is 25.1. The van der Waals surface area contributed by atoms with Gasteiger partial charge in [-0.25, -0.2) is 8.42 Å². The molecule has 0 aliphatic carbocycles. The predicted octanol–water partition coefficient (Wildman–Crippen LogP) is 4.25. The van der Waals surface area contributed by atoms with Crippen LogP contribution >= 0.6 is 0 Å². The molecule has 4 rings (SSSR count). The fourth-order valence-corrected chi connectivity index (χ4v) is 5.63. The lowest BCUT2D eigenvalue weighted by atomic mass is 9.87. The summed E-state index contributed by atoms with van der Waals surface area (Å²) in [5, 5.41) is 9.90. The molecule has 2 aromatic rings. The second-order valence-corrected chi connectivity index (χ2v) is 8.16. The van der Waals surface area contributed by atoms with Crippen molar-refractivity contribution in [3.63, 3.8) is 0 Å². The van der Waals surface area contributed by atoms with Crippen molar-refractivity contribution in [2.24, 2.45) is 0 Å². The van der Waals surface area contributed by atoms with E-state index in [-0.39, 0.29) is 11.7 Å². The van der Waals surface area contributed by atoms with E-state index in [2.05, 4.69) is 13.8 Å². The van der Waals surface area contributed by atoms with E-state index in [1.165, 1.54) is 0 Å². The van der Waals surface area contributed by atoms with Crippen molar-refractivity contribution >= 4 is 9.84 Å². The number of hydrogen-bond acceptors (Lipinski definition) is 3. The van der Waals surface area contributed by atoms with Crippen LogP contribution in [0.15, 0.2) is 28.0 Å². The quantitative estimate of drug-likeness (QED) is 0.769. The largest absolute Gasteiger partial charge is 0.508 e. The second kappa shape index (κ2) is 4.59. The van der Waals surface area contributed by atoms with Gasteiger partial charge >= 0.3 is 0 Å². The molecule has 0 unspecified atom stereocenters. The topological polar surface area (TPSA) is 54.4 Å². The summed E-state index contributed by atoms with van der Waals surface area (Å²) in [6.07, 6.45) is 0. The van der Waals surface area contributed by atoms with Gasteiger partial charge in [-0.15, -0.1) is 0 Å². The molecule has 22 heavy (non-hydrogen) atoms. The average molecular weight is 316 g/mol. The Morgan fingerprint density at radius 1 is 0.955 bits per heavy atom. The standard InChI is InChI=1S/C18H20O3S/c1-9(2)14-7-6-13(19)8-15(14)16-10(3)11(4)17-12(5)18(16)22(17,20)21/h6-9,19H,1-5H3. The van der Waals surface area contributed by atoms with Gasteiger partial charge in [-0.1, -0.05) is 19.9 Å². The Morgan fingerprint density at radius 3 is 2.14 bits per heavy atom. The van der Waals surface area contributed by atoms with E-state index in [0.29, 0.717) is 9.79 Å². The number of aryl methyl sites for hydroxylation is 1. The highest BCUT2D eigenvalue weighted by molar-refractivity contribution is 7.93. The number of phenols is 1. The van der Waals surface area contributed by atoms with Gasteiger partial charge in [0.05, 0.1) is 9.79 Å². The molecule has 2 heterocycles. The number of phenolic OH excluding ortho intramolecular Hbond substituents is 1. The minimum atomic E-state index is -3.33. The van der Waals surface area contributed by atoms with Crippen molar-refractivity contribution in [3.05, 3.63) is 40.5 Å². The predicted molar refractivity (Wildman–Crippen MR) is 87.3 cm³/mol. The Labute approximate surface area is 131 Å². The molecule has 0 saturated heterocycles. The first-order valence-electron chi connectivity index (χ1n) is 7.40. The van der Waals surface area contributed by atoms with Gasteiger partial charge in [0.15, 0.2) is 0 Å². The number of sulfone groups is 1. The second-order valence-electron chi connectivity index (χ2n) is 6.34. The van der Waals surface area contributed by atoms with Gasteiger partial charge in [-0.3, -0.25) is 0 Å². The molecule has 4 heteroatoms. The fraction of sp³-hybridized carbons (Fsp3) is 0.333. The minimum Gasteiger partial charge on any atom is -0.508 e. The monoisotopic (exact) mass is 316 g/mol. The normalized spacial score (nSPS) is 15.0. The summed E-state index contributed by atoms with van der Waals surface area (Å²) in [4.78, 5) is 0.910. The summed E-state index contributed by atoms with van der Waals surface area (Å²) in [5.41, 5.74) is 5.27. The van der Waals surface area contributed by atoms with Gasteiger partial charge in [0.2, 0.25) is 9.84 Å². The number of aromatic hydroxyl groups is 1. The van der Waals surface area contributed by atoms with Crippen LogP contribution in [0.5, 0.6) is 5.75 Å². The van der Waals surface area contributed by atoms with Crippen LogP contribution in [-0.2, 0) is 9.84 Å². The maximum absolute atomic E-state index is 12.5. The first-order valence-corrected chi connectivity index (χ1v) is 8.88. The van der Waals surface area contributed by atoms with E-state index in [1.54, 1.807) is 12.1 Å². The van der Waals surface area contributed by atoms with E-state index >= 15 is 0 Å². The van der Waals surface area contributed by atoms with Crippen LogP contribution in [0.4, 0.5) is 0 Å². The van der Waals surface area contributed by atoms with Crippen molar-refractivity contribution in [1.82, 2.24) is 0 Å². The lowest BCUT2D eigenvalue weighted by molar-refractivity contribution is 0.475. The van der Waals surface area contributed by atoms with Crippen molar-refractivity contribution in [3.8, 4) is 16.9 Å². The fourth-order valence-electron chi connectivity index (χ4n) is 3.48. The highest BCUT2D eigenvalue weighted by Gasteiger charge is 2.41. The van der Waals surface area contributed by atoms with Crippen molar-refractivity contribution in [2.45, 2.75) is 50.3 Å². The van der Waals surface area contributed by atoms with Gasteiger partial charge in [0, 0.05) is 5.56 Å². The Bertz CT molecular complexity index is 907. The minimum absolute atomic E-state index is 0.155. The summed E-state index contributed by atoms with van der Waals surface area (Å²) in [6, 6.07) is 5.22. The summed E-state index contributed by atoms with van der Waals surface area (Å²) >= 11 is 0. The molecule has 2 bridgehead atoms. The van der Waals surface area contributed by atoms with Gasteiger partial charge in [-0.05, 0) is 66.6 Å². The first kappa shape index (κ1) is 15.1. The first-order chi connectivity index (χ1) is 10.2. The number of hydrogen-bond donors (Lipinski definition) is 1. The van der Waals surface area contributed by atoms with E-state index in [0.717, 1.165) is 33.4 Å². The van der Waals surface area contributed by atoms with Crippen molar-refractivity contribution in [2.75, 3.05) is 0 Å². The molecule has 2 aromatic carbocycles. The van der Waals surface area contributed by atoms with Crippen molar-refractivity contribution in [1.29, 1.82) is 0 Å². The molecule has 0 aromatic heterocycles. The van der Waals surface area contributed by atoms with E-state index in [1.807, 2.05) is 26.8 Å². The van der Waals surface area contributed by atoms with Gasteiger partial charge < -0.3 is 5.11 Å². The number of rotatable bonds is 2. The molecule has 0 saturated carbocycles. The third kappa shape index (κ3) is 1.76. The van der Waals surface area contributed by atoms with Crippen LogP contribution in [0.25, 0.3) is 11.1 Å². The zero-order valence-corrected chi connectivity index (χ0v) is 14.3. The average Bonchev–Trinajstić information content (AvgIpc) is 2.41. The molecular weight excluding hydrogens is 296 g/mol.